The van der Waals surface area contributed by atoms with Crippen molar-refractivity contribution in [3.05, 3.63) is 88.7 Å². The second kappa shape index (κ2) is 9.66. The lowest BCUT2D eigenvalue weighted by molar-refractivity contribution is 0.164. The molecule has 1 saturated carbocycles. The largest absolute Gasteiger partial charge is 0.492 e. The van der Waals surface area contributed by atoms with Crippen molar-refractivity contribution in [2.75, 3.05) is 19.7 Å². The molecule has 8 heteroatoms. The van der Waals surface area contributed by atoms with Crippen LogP contribution in [-0.4, -0.2) is 33.1 Å². The zero-order valence-corrected chi connectivity index (χ0v) is 20.4. The Balaban J connectivity index is 1.30. The fraction of sp³-hybridized carbons (Fsp3) is 0.346. The molecular weight excluding hydrogens is 470 g/mol. The standard InChI is InChI=1S/C26H28ClN3O3S/c27-21-7-5-20(6-8-21)26(11-2-12-26)25-24-17-22(9-4-19(24)10-14-29-25)33-16-15-30-34(31,32)23-3-1-13-28-18-23/h1,3-9,13,17-18,25,29-30H,2,10-12,14-16H2/t25-/m0/s1. The number of ether oxygens (including phenoxy) is 1. The zero-order valence-electron chi connectivity index (χ0n) is 18.8. The Kier molecular flexibility index (Phi) is 6.62. The summed E-state index contributed by atoms with van der Waals surface area (Å²) in [5, 5.41) is 4.53. The van der Waals surface area contributed by atoms with Crippen LogP contribution in [0.3, 0.4) is 0 Å². The van der Waals surface area contributed by atoms with Crippen molar-refractivity contribution >= 4 is 21.6 Å². The molecule has 1 aromatic heterocycles. The number of sulfonamides is 1. The lowest BCUT2D eigenvalue weighted by atomic mass is 9.58. The van der Waals surface area contributed by atoms with Crippen LogP contribution in [-0.2, 0) is 21.9 Å². The summed E-state index contributed by atoms with van der Waals surface area (Å²) >= 11 is 6.16. The number of nitrogens with one attached hydrogen (secondary N) is 2. The number of pyridine rings is 1. The fourth-order valence-electron chi connectivity index (χ4n) is 5.13. The number of rotatable bonds is 8. The van der Waals surface area contributed by atoms with Gasteiger partial charge in [0.1, 0.15) is 17.3 Å². The first kappa shape index (κ1) is 23.3. The monoisotopic (exact) mass is 497 g/mol. The Morgan fingerprint density at radius 1 is 1.15 bits per heavy atom. The highest BCUT2D eigenvalue weighted by molar-refractivity contribution is 7.89. The number of halogens is 1. The molecule has 2 N–H and O–H groups in total. The van der Waals surface area contributed by atoms with Crippen LogP contribution < -0.4 is 14.8 Å². The number of hydrogen-bond donors (Lipinski definition) is 2. The molecule has 6 nitrogen and oxygen atoms in total. The Bertz CT molecular complexity index is 1250. The summed E-state index contributed by atoms with van der Waals surface area (Å²) in [5.74, 6) is 0.749. The van der Waals surface area contributed by atoms with Crippen LogP contribution >= 0.6 is 11.6 Å². The highest BCUT2D eigenvalue weighted by Crippen LogP contribution is 2.53. The summed E-state index contributed by atoms with van der Waals surface area (Å²) in [6, 6.07) is 17.8. The molecule has 0 bridgehead atoms. The number of fused-ring (bicyclic) bond motifs is 1. The van der Waals surface area contributed by atoms with E-state index >= 15 is 0 Å². The number of benzene rings is 2. The third-order valence-corrected chi connectivity index (χ3v) is 8.69. The Morgan fingerprint density at radius 2 is 1.97 bits per heavy atom. The van der Waals surface area contributed by atoms with Crippen molar-refractivity contribution in [2.45, 2.75) is 42.0 Å². The summed E-state index contributed by atoms with van der Waals surface area (Å²) in [6.07, 6.45) is 7.33. The SMILES string of the molecule is O=S(=O)(NCCOc1ccc2c(c1)[C@@H](C1(c3ccc(Cl)cc3)CCC1)NCC2)c1cccnc1. The van der Waals surface area contributed by atoms with Crippen LogP contribution in [0.1, 0.15) is 42.0 Å². The third-order valence-electron chi connectivity index (χ3n) is 7.00. The highest BCUT2D eigenvalue weighted by Gasteiger charge is 2.47. The minimum Gasteiger partial charge on any atom is -0.492 e. The quantitative estimate of drug-likeness (QED) is 0.451. The van der Waals surface area contributed by atoms with Gasteiger partial charge in [0.25, 0.3) is 0 Å². The minimum absolute atomic E-state index is 0.0533. The maximum Gasteiger partial charge on any atom is 0.242 e. The molecule has 5 rings (SSSR count). The van der Waals surface area contributed by atoms with E-state index in [1.165, 1.54) is 35.4 Å². The van der Waals surface area contributed by atoms with Gasteiger partial charge < -0.3 is 10.1 Å². The third kappa shape index (κ3) is 4.58. The van der Waals surface area contributed by atoms with Gasteiger partial charge in [0.15, 0.2) is 0 Å². The summed E-state index contributed by atoms with van der Waals surface area (Å²) in [5.41, 5.74) is 3.99. The molecule has 2 aromatic carbocycles. The van der Waals surface area contributed by atoms with Gasteiger partial charge in [-0.2, -0.15) is 0 Å². The lowest BCUT2D eigenvalue weighted by Crippen LogP contribution is -2.49. The number of nitrogens with zero attached hydrogens (tertiary/aromatic N) is 1. The minimum atomic E-state index is -3.60. The summed E-state index contributed by atoms with van der Waals surface area (Å²) in [7, 11) is -3.60. The van der Waals surface area contributed by atoms with E-state index in [-0.39, 0.29) is 29.5 Å². The maximum absolute atomic E-state index is 12.4. The van der Waals surface area contributed by atoms with Gasteiger partial charge in [0, 0.05) is 35.4 Å². The van der Waals surface area contributed by atoms with Gasteiger partial charge in [0.05, 0.1) is 0 Å². The molecule has 3 aromatic rings. The summed E-state index contributed by atoms with van der Waals surface area (Å²) in [4.78, 5) is 4.01. The van der Waals surface area contributed by atoms with Crippen LogP contribution in [0.4, 0.5) is 0 Å². The second-order valence-corrected chi connectivity index (χ2v) is 11.2. The lowest BCUT2D eigenvalue weighted by Gasteiger charge is -2.50. The predicted molar refractivity (Wildman–Crippen MR) is 133 cm³/mol. The molecule has 1 atom stereocenters. The molecule has 2 aliphatic rings. The number of aromatic nitrogens is 1. The molecule has 1 fully saturated rings. The van der Waals surface area contributed by atoms with Crippen LogP contribution in [0, 0.1) is 0 Å². The molecule has 178 valence electrons. The molecule has 1 aliphatic heterocycles. The Morgan fingerprint density at radius 3 is 2.68 bits per heavy atom. The van der Waals surface area contributed by atoms with Gasteiger partial charge in [-0.1, -0.05) is 36.2 Å². The van der Waals surface area contributed by atoms with E-state index in [4.69, 9.17) is 16.3 Å². The van der Waals surface area contributed by atoms with Gasteiger partial charge in [-0.25, -0.2) is 13.1 Å². The molecule has 1 aliphatic carbocycles. The molecule has 0 unspecified atom stereocenters. The maximum atomic E-state index is 12.4. The molecular formula is C26H28ClN3O3S. The highest BCUT2D eigenvalue weighted by atomic mass is 35.5. The molecule has 0 amide bonds. The van der Waals surface area contributed by atoms with Crippen molar-refractivity contribution in [2.24, 2.45) is 0 Å². The van der Waals surface area contributed by atoms with Gasteiger partial charge in [-0.15, -0.1) is 0 Å². The Labute approximate surface area is 205 Å². The van der Waals surface area contributed by atoms with Gasteiger partial charge in [0.2, 0.25) is 10.0 Å². The number of hydrogen-bond acceptors (Lipinski definition) is 5. The van der Waals surface area contributed by atoms with E-state index in [0.29, 0.717) is 0 Å². The first-order chi connectivity index (χ1) is 16.5. The van der Waals surface area contributed by atoms with Crippen molar-refractivity contribution in [1.82, 2.24) is 15.0 Å². The van der Waals surface area contributed by atoms with E-state index in [2.05, 4.69) is 39.3 Å². The van der Waals surface area contributed by atoms with Crippen molar-refractivity contribution in [3.63, 3.8) is 0 Å². The van der Waals surface area contributed by atoms with Crippen LogP contribution in [0.5, 0.6) is 5.75 Å². The Hall–Kier alpha value is -2.45. The van der Waals surface area contributed by atoms with Gasteiger partial charge in [-0.3, -0.25) is 4.98 Å². The molecule has 0 radical (unpaired) electrons. The normalized spacial score (nSPS) is 19.1. The molecule has 0 saturated heterocycles. The fourth-order valence-corrected chi connectivity index (χ4v) is 6.23. The van der Waals surface area contributed by atoms with Gasteiger partial charge >= 0.3 is 0 Å². The summed E-state index contributed by atoms with van der Waals surface area (Å²) in [6.45, 7) is 1.35. The van der Waals surface area contributed by atoms with E-state index in [0.717, 1.165) is 36.6 Å². The van der Waals surface area contributed by atoms with E-state index in [9.17, 15) is 8.42 Å². The van der Waals surface area contributed by atoms with Crippen molar-refractivity contribution in [3.8, 4) is 5.75 Å². The first-order valence-corrected chi connectivity index (χ1v) is 13.5. The van der Waals surface area contributed by atoms with Crippen LogP contribution in [0.25, 0.3) is 0 Å². The van der Waals surface area contributed by atoms with Crippen LogP contribution in [0.15, 0.2) is 71.9 Å². The van der Waals surface area contributed by atoms with Gasteiger partial charge in [-0.05, 0) is 78.9 Å². The topological polar surface area (TPSA) is 80.3 Å². The van der Waals surface area contributed by atoms with E-state index < -0.39 is 10.0 Å². The molecule has 34 heavy (non-hydrogen) atoms. The summed E-state index contributed by atoms with van der Waals surface area (Å²) < 4.78 is 33.2. The zero-order chi connectivity index (χ0) is 23.6. The second-order valence-electron chi connectivity index (χ2n) is 8.95. The van der Waals surface area contributed by atoms with E-state index in [1.54, 1.807) is 12.3 Å². The van der Waals surface area contributed by atoms with Crippen molar-refractivity contribution in [1.29, 1.82) is 0 Å². The first-order valence-electron chi connectivity index (χ1n) is 11.6. The average Bonchev–Trinajstić information content (AvgIpc) is 2.83. The predicted octanol–water partition coefficient (Wildman–Crippen LogP) is 4.40. The molecule has 0 spiro atoms. The van der Waals surface area contributed by atoms with Crippen LogP contribution in [0.2, 0.25) is 5.02 Å². The van der Waals surface area contributed by atoms with E-state index in [1.807, 2.05) is 18.2 Å². The average molecular weight is 498 g/mol. The van der Waals surface area contributed by atoms with Crippen molar-refractivity contribution < 1.29 is 13.2 Å². The molecule has 2 heterocycles. The smallest absolute Gasteiger partial charge is 0.242 e.